The number of guanidine groups is 1. The Morgan fingerprint density at radius 3 is 2.44 bits per heavy atom. The van der Waals surface area contributed by atoms with E-state index in [2.05, 4.69) is 34.5 Å². The van der Waals surface area contributed by atoms with Crippen molar-refractivity contribution in [3.63, 3.8) is 0 Å². The van der Waals surface area contributed by atoms with Crippen LogP contribution in [0.5, 0.6) is 0 Å². The van der Waals surface area contributed by atoms with Gasteiger partial charge in [0.1, 0.15) is 17.6 Å². The molecule has 0 aliphatic carbocycles. The van der Waals surface area contributed by atoms with Crippen LogP contribution in [-0.4, -0.2) is 32.0 Å². The van der Waals surface area contributed by atoms with Crippen molar-refractivity contribution in [3.05, 3.63) is 59.5 Å². The topological polar surface area (TPSA) is 93.0 Å². The first kappa shape index (κ1) is 18.0. The number of rotatable bonds is 2. The Bertz CT molecular complexity index is 846. The Morgan fingerprint density at radius 1 is 1.16 bits per heavy atom. The van der Waals surface area contributed by atoms with E-state index in [0.717, 1.165) is 5.56 Å². The van der Waals surface area contributed by atoms with Gasteiger partial charge in [0.25, 0.3) is 0 Å². The zero-order valence-electron chi connectivity index (χ0n) is 14.1. The van der Waals surface area contributed by atoms with Crippen LogP contribution >= 0.6 is 0 Å². The lowest BCUT2D eigenvalue weighted by Crippen LogP contribution is -2.25. The molecule has 1 unspecified atom stereocenters. The van der Waals surface area contributed by atoms with Crippen molar-refractivity contribution in [2.45, 2.75) is 12.5 Å². The van der Waals surface area contributed by atoms with Gasteiger partial charge in [0, 0.05) is 25.2 Å². The predicted octanol–water partition coefficient (Wildman–Crippen LogP) is 2.13. The molecule has 1 aliphatic rings. The van der Waals surface area contributed by atoms with E-state index in [4.69, 9.17) is 20.5 Å². The van der Waals surface area contributed by atoms with Crippen molar-refractivity contribution in [2.75, 3.05) is 14.2 Å². The minimum atomic E-state index is -0.434. The number of ether oxygens (including phenoxy) is 2. The normalized spacial score (nSPS) is 19.5. The summed E-state index contributed by atoms with van der Waals surface area (Å²) in [6.45, 7) is 3.80. The van der Waals surface area contributed by atoms with Crippen LogP contribution in [0, 0.1) is 23.2 Å². The van der Waals surface area contributed by atoms with Crippen molar-refractivity contribution < 1.29 is 9.47 Å². The third kappa shape index (κ3) is 5.07. The summed E-state index contributed by atoms with van der Waals surface area (Å²) in [6, 6.07) is 9.01. The van der Waals surface area contributed by atoms with Gasteiger partial charge in [-0.15, -0.1) is 0 Å². The highest BCUT2D eigenvalue weighted by Gasteiger charge is 2.19. The SMILES string of the molecule is C=C1/C=C(/OC)CC(OC)C(C#Cc2ccc(C#N)cc2)=NC(N)=N1. The molecule has 0 saturated heterocycles. The minimum absolute atomic E-state index is 0.0461. The van der Waals surface area contributed by atoms with Gasteiger partial charge in [-0.2, -0.15) is 5.26 Å². The van der Waals surface area contributed by atoms with Gasteiger partial charge in [-0.3, -0.25) is 0 Å². The molecule has 1 atom stereocenters. The fraction of sp³-hybridized carbons (Fsp3) is 0.211. The van der Waals surface area contributed by atoms with Crippen LogP contribution in [0.2, 0.25) is 0 Å². The molecule has 0 amide bonds. The molecule has 1 aromatic carbocycles. The number of nitriles is 1. The molecule has 1 heterocycles. The quantitative estimate of drug-likeness (QED) is 0.839. The average Bonchev–Trinajstić information content (AvgIpc) is 2.67. The first-order chi connectivity index (χ1) is 12.0. The van der Waals surface area contributed by atoms with Crippen LogP contribution in [-0.2, 0) is 9.47 Å². The van der Waals surface area contributed by atoms with E-state index < -0.39 is 6.10 Å². The number of nitrogens with two attached hydrogens (primary N) is 1. The van der Waals surface area contributed by atoms with Gasteiger partial charge in [0.15, 0.2) is 0 Å². The molecule has 0 radical (unpaired) electrons. The maximum atomic E-state index is 8.84. The molecule has 1 aromatic rings. The molecule has 0 aromatic heterocycles. The third-order valence-electron chi connectivity index (χ3n) is 3.41. The maximum absolute atomic E-state index is 8.84. The minimum Gasteiger partial charge on any atom is -0.501 e. The summed E-state index contributed by atoms with van der Waals surface area (Å²) in [7, 11) is 3.13. The van der Waals surface area contributed by atoms with E-state index in [0.29, 0.717) is 29.2 Å². The highest BCUT2D eigenvalue weighted by atomic mass is 16.5. The lowest BCUT2D eigenvalue weighted by atomic mass is 10.1. The molecule has 0 bridgehead atoms. The number of methoxy groups -OCH3 is 2. The molecule has 1 aliphatic heterocycles. The van der Waals surface area contributed by atoms with E-state index in [9.17, 15) is 0 Å². The fourth-order valence-electron chi connectivity index (χ4n) is 2.13. The second-order valence-electron chi connectivity index (χ2n) is 5.14. The number of hydrogen-bond acceptors (Lipinski definition) is 6. The molecule has 6 heteroatoms. The Balaban J connectivity index is 2.40. The molecule has 0 saturated carbocycles. The molecule has 126 valence electrons. The van der Waals surface area contributed by atoms with Gasteiger partial charge < -0.3 is 15.2 Å². The molecule has 2 N–H and O–H groups in total. The van der Waals surface area contributed by atoms with Gasteiger partial charge in [-0.05, 0) is 30.2 Å². The molecule has 2 rings (SSSR count). The van der Waals surface area contributed by atoms with E-state index >= 15 is 0 Å². The number of allylic oxidation sites excluding steroid dienone is 1. The zero-order chi connectivity index (χ0) is 18.2. The summed E-state index contributed by atoms with van der Waals surface area (Å²) in [6.07, 6.45) is 1.68. The highest BCUT2D eigenvalue weighted by Crippen LogP contribution is 2.15. The van der Waals surface area contributed by atoms with Gasteiger partial charge in [0.05, 0.1) is 24.4 Å². The van der Waals surface area contributed by atoms with Crippen LogP contribution in [0.3, 0.4) is 0 Å². The van der Waals surface area contributed by atoms with Crippen LogP contribution in [0.15, 0.2) is 58.4 Å². The first-order valence-electron chi connectivity index (χ1n) is 7.47. The smallest absolute Gasteiger partial charge is 0.221 e. The fourth-order valence-corrected chi connectivity index (χ4v) is 2.13. The summed E-state index contributed by atoms with van der Waals surface area (Å²) in [5.74, 6) is 6.67. The number of benzene rings is 1. The van der Waals surface area contributed by atoms with Gasteiger partial charge in [-0.25, -0.2) is 9.98 Å². The molecule has 0 fully saturated rings. The van der Waals surface area contributed by atoms with Gasteiger partial charge >= 0.3 is 0 Å². The summed E-state index contributed by atoms with van der Waals surface area (Å²) in [4.78, 5) is 8.35. The predicted molar refractivity (Wildman–Crippen MR) is 96.7 cm³/mol. The second-order valence-corrected chi connectivity index (χ2v) is 5.14. The Labute approximate surface area is 147 Å². The summed E-state index contributed by atoms with van der Waals surface area (Å²) >= 11 is 0. The van der Waals surface area contributed by atoms with Gasteiger partial charge in [-0.1, -0.05) is 12.5 Å². The molecular weight excluding hydrogens is 316 g/mol. The lowest BCUT2D eigenvalue weighted by molar-refractivity contribution is 0.138. The highest BCUT2D eigenvalue weighted by molar-refractivity contribution is 6.10. The lowest BCUT2D eigenvalue weighted by Gasteiger charge is -2.15. The van der Waals surface area contributed by atoms with Crippen LogP contribution in [0.4, 0.5) is 0 Å². The van der Waals surface area contributed by atoms with E-state index in [-0.39, 0.29) is 5.96 Å². The largest absolute Gasteiger partial charge is 0.501 e. The average molecular weight is 334 g/mol. The van der Waals surface area contributed by atoms with E-state index in [1.165, 1.54) is 0 Å². The third-order valence-corrected chi connectivity index (χ3v) is 3.41. The van der Waals surface area contributed by atoms with Crippen molar-refractivity contribution in [1.82, 2.24) is 0 Å². The van der Waals surface area contributed by atoms with Crippen molar-refractivity contribution in [3.8, 4) is 17.9 Å². The standard InChI is InChI=1S/C19H18N4O2/c1-13-10-16(24-2)11-18(25-3)17(23-19(21)22-13)9-8-14-4-6-15(12-20)7-5-14/h4-7,10,18H,1,11H2,2-3H3,(H2,21,22)/b16-10+,23-17?. The van der Waals surface area contributed by atoms with Crippen LogP contribution in [0.25, 0.3) is 0 Å². The number of nitrogens with zero attached hydrogens (tertiary/aromatic N) is 3. The zero-order valence-corrected chi connectivity index (χ0v) is 14.1. The molecule has 25 heavy (non-hydrogen) atoms. The Kier molecular flexibility index (Phi) is 6.11. The van der Waals surface area contributed by atoms with Crippen molar-refractivity contribution in [2.24, 2.45) is 15.7 Å². The van der Waals surface area contributed by atoms with E-state index in [1.807, 2.05) is 0 Å². The Hall–Kier alpha value is -3.35. The summed E-state index contributed by atoms with van der Waals surface area (Å²) in [5, 5.41) is 8.84. The van der Waals surface area contributed by atoms with Crippen molar-refractivity contribution in [1.29, 1.82) is 5.26 Å². The maximum Gasteiger partial charge on any atom is 0.221 e. The molecule has 0 spiro atoms. The number of hydrogen-bond donors (Lipinski definition) is 1. The van der Waals surface area contributed by atoms with E-state index in [1.54, 1.807) is 44.6 Å². The molecule has 6 nitrogen and oxygen atoms in total. The van der Waals surface area contributed by atoms with Crippen molar-refractivity contribution >= 4 is 11.7 Å². The summed E-state index contributed by atoms with van der Waals surface area (Å²) in [5.41, 5.74) is 8.04. The Morgan fingerprint density at radius 2 is 1.84 bits per heavy atom. The van der Waals surface area contributed by atoms with Crippen LogP contribution in [0.1, 0.15) is 17.5 Å². The second kappa shape index (κ2) is 8.49. The number of aliphatic imine (C=N–C) groups is 2. The summed E-state index contributed by atoms with van der Waals surface area (Å²) < 4.78 is 10.8. The monoisotopic (exact) mass is 334 g/mol. The first-order valence-corrected chi connectivity index (χ1v) is 7.47. The van der Waals surface area contributed by atoms with Crippen LogP contribution < -0.4 is 5.73 Å². The molecular formula is C19H18N4O2. The van der Waals surface area contributed by atoms with Gasteiger partial charge in [0.2, 0.25) is 5.96 Å².